The zero-order chi connectivity index (χ0) is 28.7. The predicted molar refractivity (Wildman–Crippen MR) is 118 cm³/mol. The van der Waals surface area contributed by atoms with Crippen LogP contribution in [-0.4, -0.2) is 47.6 Å². The number of methoxy groups -OCH3 is 1. The minimum atomic E-state index is -5.10. The van der Waals surface area contributed by atoms with Crippen LogP contribution >= 0.6 is 0 Å². The number of allylic oxidation sites excluding steroid dienone is 2. The molecule has 0 spiro atoms. The van der Waals surface area contributed by atoms with E-state index in [2.05, 4.69) is 14.2 Å². The summed E-state index contributed by atoms with van der Waals surface area (Å²) in [6, 6.07) is 5.58. The van der Waals surface area contributed by atoms with Crippen LogP contribution < -0.4 is 9.47 Å². The van der Waals surface area contributed by atoms with Crippen molar-refractivity contribution < 1.29 is 65.1 Å². The number of phenols is 2. The number of hydrogen-bond donors (Lipinski definition) is 2. The van der Waals surface area contributed by atoms with Gasteiger partial charge in [0.15, 0.2) is 34.6 Å². The van der Waals surface area contributed by atoms with Crippen LogP contribution in [0.25, 0.3) is 12.2 Å². The van der Waals surface area contributed by atoms with Gasteiger partial charge in [0, 0.05) is 0 Å². The van der Waals surface area contributed by atoms with Gasteiger partial charge in [0.05, 0.1) is 19.4 Å². The molecular formula is C24H18F6O8. The Morgan fingerprint density at radius 1 is 0.789 bits per heavy atom. The zero-order valence-electron chi connectivity index (χ0n) is 19.2. The highest BCUT2D eigenvalue weighted by Gasteiger charge is 2.33. The van der Waals surface area contributed by atoms with Gasteiger partial charge in [0.2, 0.25) is 0 Å². The number of hydrogen-bond acceptors (Lipinski definition) is 8. The van der Waals surface area contributed by atoms with Gasteiger partial charge in [-0.25, -0.2) is 0 Å². The van der Waals surface area contributed by atoms with Crippen molar-refractivity contribution in [2.24, 2.45) is 5.92 Å². The molecule has 14 heteroatoms. The molecule has 0 unspecified atom stereocenters. The molecule has 0 fully saturated rings. The Hall–Kier alpha value is -4.49. The molecule has 2 N–H and O–H groups in total. The lowest BCUT2D eigenvalue weighted by Crippen LogP contribution is -2.25. The van der Waals surface area contributed by atoms with Crippen LogP contribution in [0, 0.1) is 5.92 Å². The second kappa shape index (κ2) is 12.2. The fourth-order valence-electron chi connectivity index (χ4n) is 2.86. The SMILES string of the molecule is COC(=O)CC(C(=O)/C=C/c1ccc(O)c(OC(F)(F)F)c1)C(=O)/C=C/c1ccc(O)c(OC(F)(F)F)c1. The summed E-state index contributed by atoms with van der Waals surface area (Å²) in [6.45, 7) is 0. The number of carbonyl (C=O) groups excluding carboxylic acids is 3. The zero-order valence-corrected chi connectivity index (χ0v) is 19.2. The quantitative estimate of drug-likeness (QED) is 0.186. The summed E-state index contributed by atoms with van der Waals surface area (Å²) < 4.78 is 86.6. The lowest BCUT2D eigenvalue weighted by molar-refractivity contribution is -0.276. The molecule has 2 rings (SSSR count). The van der Waals surface area contributed by atoms with Crippen molar-refractivity contribution in [2.75, 3.05) is 7.11 Å². The first-order valence-corrected chi connectivity index (χ1v) is 10.3. The summed E-state index contributed by atoms with van der Waals surface area (Å²) in [5.74, 6) is -8.05. The largest absolute Gasteiger partial charge is 0.573 e. The molecule has 0 aliphatic rings. The molecule has 2 aromatic rings. The van der Waals surface area contributed by atoms with Crippen molar-refractivity contribution in [3.05, 3.63) is 59.7 Å². The van der Waals surface area contributed by atoms with E-state index in [1.165, 1.54) is 0 Å². The molecule has 0 saturated heterocycles. The molecule has 0 aliphatic carbocycles. The molecule has 0 amide bonds. The van der Waals surface area contributed by atoms with Gasteiger partial charge in [0.25, 0.3) is 0 Å². The van der Waals surface area contributed by atoms with Crippen molar-refractivity contribution in [2.45, 2.75) is 19.1 Å². The number of halogens is 6. The Labute approximate surface area is 210 Å². The second-order valence-electron chi connectivity index (χ2n) is 7.35. The van der Waals surface area contributed by atoms with Gasteiger partial charge in [-0.2, -0.15) is 0 Å². The highest BCUT2D eigenvalue weighted by atomic mass is 19.4. The summed E-state index contributed by atoms with van der Waals surface area (Å²) >= 11 is 0. The maximum Gasteiger partial charge on any atom is 0.573 e. The van der Waals surface area contributed by atoms with Crippen molar-refractivity contribution in [3.8, 4) is 23.0 Å². The van der Waals surface area contributed by atoms with E-state index >= 15 is 0 Å². The van der Waals surface area contributed by atoms with Crippen molar-refractivity contribution in [3.63, 3.8) is 0 Å². The second-order valence-corrected chi connectivity index (χ2v) is 7.35. The molecule has 0 aliphatic heterocycles. The molecule has 2 aromatic carbocycles. The molecule has 0 radical (unpaired) electrons. The van der Waals surface area contributed by atoms with E-state index in [9.17, 15) is 50.9 Å². The van der Waals surface area contributed by atoms with Gasteiger partial charge >= 0.3 is 18.7 Å². The summed E-state index contributed by atoms with van der Waals surface area (Å²) in [5, 5.41) is 19.0. The maximum absolute atomic E-state index is 12.7. The van der Waals surface area contributed by atoms with Crippen LogP contribution in [0.15, 0.2) is 48.6 Å². The van der Waals surface area contributed by atoms with Crippen LogP contribution in [0.4, 0.5) is 26.3 Å². The topological polar surface area (TPSA) is 119 Å². The van der Waals surface area contributed by atoms with E-state index < -0.39 is 65.6 Å². The Kier molecular flexibility index (Phi) is 9.52. The van der Waals surface area contributed by atoms with Gasteiger partial charge in [-0.15, -0.1) is 26.3 Å². The molecule has 38 heavy (non-hydrogen) atoms. The molecule has 0 atom stereocenters. The van der Waals surface area contributed by atoms with E-state index in [1.807, 2.05) is 0 Å². The number of alkyl halides is 6. The summed E-state index contributed by atoms with van der Waals surface area (Å²) in [4.78, 5) is 37.1. The molecule has 204 valence electrons. The summed E-state index contributed by atoms with van der Waals surface area (Å²) in [6.07, 6.45) is -7.30. The number of rotatable bonds is 10. The molecule has 0 heterocycles. The first-order valence-electron chi connectivity index (χ1n) is 10.3. The molecular weight excluding hydrogens is 530 g/mol. The van der Waals surface area contributed by atoms with E-state index in [-0.39, 0.29) is 11.1 Å². The third-order valence-corrected chi connectivity index (χ3v) is 4.58. The van der Waals surface area contributed by atoms with E-state index in [0.717, 1.165) is 67.8 Å². The lowest BCUT2D eigenvalue weighted by atomic mass is 9.93. The first-order chi connectivity index (χ1) is 17.6. The highest BCUT2D eigenvalue weighted by molar-refractivity contribution is 6.15. The van der Waals surface area contributed by atoms with Crippen molar-refractivity contribution in [1.82, 2.24) is 0 Å². The fraction of sp³-hybridized carbons (Fsp3) is 0.208. The Balaban J connectivity index is 2.26. The number of ketones is 2. The summed E-state index contributed by atoms with van der Waals surface area (Å²) in [7, 11) is 0.997. The number of benzene rings is 2. The predicted octanol–water partition coefficient (Wildman–Crippen LogP) is 4.94. The Morgan fingerprint density at radius 2 is 1.18 bits per heavy atom. The van der Waals surface area contributed by atoms with E-state index in [1.54, 1.807) is 0 Å². The van der Waals surface area contributed by atoms with Crippen molar-refractivity contribution in [1.29, 1.82) is 0 Å². The summed E-state index contributed by atoms with van der Waals surface area (Å²) in [5.41, 5.74) is -0.0620. The van der Waals surface area contributed by atoms with Crippen LogP contribution in [0.3, 0.4) is 0 Å². The van der Waals surface area contributed by atoms with Gasteiger partial charge in [-0.3, -0.25) is 14.4 Å². The fourth-order valence-corrected chi connectivity index (χ4v) is 2.86. The normalized spacial score (nSPS) is 12.2. The van der Waals surface area contributed by atoms with Gasteiger partial charge in [-0.05, 0) is 47.5 Å². The van der Waals surface area contributed by atoms with E-state index in [4.69, 9.17) is 0 Å². The number of ether oxygens (including phenoxy) is 3. The molecule has 8 nitrogen and oxygen atoms in total. The number of esters is 1. The van der Waals surface area contributed by atoms with Crippen LogP contribution in [-0.2, 0) is 19.1 Å². The first kappa shape index (κ1) is 29.7. The number of phenolic OH excluding ortho intramolecular Hbond substituents is 2. The lowest BCUT2D eigenvalue weighted by Gasteiger charge is -2.11. The monoisotopic (exact) mass is 548 g/mol. The Bertz CT molecular complexity index is 1160. The number of carbonyl (C=O) groups is 3. The Morgan fingerprint density at radius 3 is 1.53 bits per heavy atom. The van der Waals surface area contributed by atoms with E-state index in [0.29, 0.717) is 0 Å². The highest BCUT2D eigenvalue weighted by Crippen LogP contribution is 2.33. The van der Waals surface area contributed by atoms with Crippen LogP contribution in [0.2, 0.25) is 0 Å². The van der Waals surface area contributed by atoms with Crippen LogP contribution in [0.1, 0.15) is 17.5 Å². The van der Waals surface area contributed by atoms with Crippen LogP contribution in [0.5, 0.6) is 23.0 Å². The van der Waals surface area contributed by atoms with Gasteiger partial charge < -0.3 is 24.4 Å². The van der Waals surface area contributed by atoms with Gasteiger partial charge in [0.1, 0.15) is 0 Å². The molecule has 0 aromatic heterocycles. The minimum Gasteiger partial charge on any atom is -0.504 e. The molecule has 0 bridgehead atoms. The smallest absolute Gasteiger partial charge is 0.504 e. The average molecular weight is 548 g/mol. The maximum atomic E-state index is 12.7. The van der Waals surface area contributed by atoms with Crippen molar-refractivity contribution >= 4 is 29.7 Å². The average Bonchev–Trinajstić information content (AvgIpc) is 2.81. The van der Waals surface area contributed by atoms with Gasteiger partial charge in [-0.1, -0.05) is 24.3 Å². The minimum absolute atomic E-state index is 0.0310. The molecule has 0 saturated carbocycles. The number of aromatic hydroxyl groups is 2. The standard InChI is InChI=1S/C24H18F6O8/c1-36-22(35)12-15(16(31)6-2-13-4-8-18(33)20(10-13)37-23(25,26)27)17(32)7-3-14-5-9-19(34)21(11-14)38-24(28,29)30/h2-11,15,33-34H,12H2,1H3/b6-2+,7-3+. The third kappa shape index (κ3) is 9.52. The third-order valence-electron chi connectivity index (χ3n) is 4.58.